The average Bonchev–Trinajstić information content (AvgIpc) is 3.33. The van der Waals surface area contributed by atoms with Gasteiger partial charge in [-0.3, -0.25) is 34.0 Å². The van der Waals surface area contributed by atoms with E-state index in [9.17, 15) is 24.5 Å². The second-order valence-electron chi connectivity index (χ2n) is 8.14. The highest BCUT2D eigenvalue weighted by Crippen LogP contribution is 2.30. The van der Waals surface area contributed by atoms with Crippen LogP contribution in [0.25, 0.3) is 11.0 Å². The van der Waals surface area contributed by atoms with Gasteiger partial charge in [0.05, 0.1) is 37.1 Å². The van der Waals surface area contributed by atoms with Crippen LogP contribution in [0.1, 0.15) is 43.3 Å². The maximum absolute atomic E-state index is 13.5. The van der Waals surface area contributed by atoms with E-state index in [1.807, 2.05) is 0 Å². The molecular formula is C25H16Cl2N4O5. The Morgan fingerprint density at radius 3 is 2.28 bits per heavy atom. The molecule has 0 bridgehead atoms. The van der Waals surface area contributed by atoms with Crippen molar-refractivity contribution in [3.63, 3.8) is 0 Å². The van der Waals surface area contributed by atoms with E-state index in [0.717, 1.165) is 0 Å². The van der Waals surface area contributed by atoms with Crippen molar-refractivity contribution in [2.45, 2.75) is 12.8 Å². The van der Waals surface area contributed by atoms with Crippen molar-refractivity contribution < 1.29 is 19.3 Å². The summed E-state index contributed by atoms with van der Waals surface area (Å²) in [6, 6.07) is 15.0. The molecule has 0 saturated heterocycles. The molecule has 0 fully saturated rings. The van der Waals surface area contributed by atoms with Crippen LogP contribution in [-0.2, 0) is 6.42 Å². The van der Waals surface area contributed by atoms with E-state index in [0.29, 0.717) is 34.4 Å². The number of hydrogen-bond donors (Lipinski definition) is 0. The summed E-state index contributed by atoms with van der Waals surface area (Å²) < 4.78 is 1.33. The summed E-state index contributed by atoms with van der Waals surface area (Å²) in [5.74, 6) is -0.919. The fourth-order valence-electron chi connectivity index (χ4n) is 4.24. The van der Waals surface area contributed by atoms with Crippen molar-refractivity contribution in [3.8, 4) is 0 Å². The average molecular weight is 523 g/mol. The fourth-order valence-corrected chi connectivity index (χ4v) is 4.55. The number of carbonyl (C=O) groups is 3. The predicted molar refractivity (Wildman–Crippen MR) is 133 cm³/mol. The Balaban J connectivity index is 1.46. The van der Waals surface area contributed by atoms with Gasteiger partial charge in [0.2, 0.25) is 0 Å². The van der Waals surface area contributed by atoms with Crippen molar-refractivity contribution in [1.29, 1.82) is 0 Å². The van der Waals surface area contributed by atoms with Gasteiger partial charge in [0.25, 0.3) is 23.4 Å². The zero-order chi connectivity index (χ0) is 25.6. The highest BCUT2D eigenvalue weighted by atomic mass is 35.5. The Labute approximate surface area is 214 Å². The number of imidazole rings is 1. The lowest BCUT2D eigenvalue weighted by atomic mass is 10.1. The minimum Gasteiger partial charge on any atom is -0.274 e. The number of imide groups is 1. The normalized spacial score (nSPS) is 12.9. The van der Waals surface area contributed by atoms with E-state index in [1.165, 1.54) is 45.9 Å². The molecule has 0 atom stereocenters. The summed E-state index contributed by atoms with van der Waals surface area (Å²) in [6.07, 6.45) is 0.566. The largest absolute Gasteiger partial charge is 0.274 e. The van der Waals surface area contributed by atoms with E-state index < -0.39 is 10.8 Å². The molecule has 0 unspecified atom stereocenters. The van der Waals surface area contributed by atoms with Crippen molar-refractivity contribution >= 4 is 57.6 Å². The van der Waals surface area contributed by atoms with Gasteiger partial charge < -0.3 is 0 Å². The first-order chi connectivity index (χ1) is 17.3. The van der Waals surface area contributed by atoms with E-state index in [1.54, 1.807) is 24.3 Å². The fraction of sp³-hybridized carbons (Fsp3) is 0.120. The number of aryl methyl sites for hydroxylation is 1. The molecule has 0 spiro atoms. The van der Waals surface area contributed by atoms with Gasteiger partial charge in [0.15, 0.2) is 0 Å². The van der Waals surface area contributed by atoms with Gasteiger partial charge in [-0.25, -0.2) is 4.98 Å². The minimum atomic E-state index is -0.581. The van der Waals surface area contributed by atoms with Crippen LogP contribution in [0.15, 0.2) is 60.7 Å². The number of rotatable bonds is 6. The maximum atomic E-state index is 13.5. The van der Waals surface area contributed by atoms with Crippen molar-refractivity contribution in [2.24, 2.45) is 0 Å². The van der Waals surface area contributed by atoms with Gasteiger partial charge in [0.1, 0.15) is 5.82 Å². The summed E-state index contributed by atoms with van der Waals surface area (Å²) >= 11 is 12.3. The summed E-state index contributed by atoms with van der Waals surface area (Å²) in [5, 5.41) is 11.7. The third-order valence-electron chi connectivity index (χ3n) is 5.93. The number of carbonyl (C=O) groups excluding carboxylic acids is 3. The summed E-state index contributed by atoms with van der Waals surface area (Å²) in [4.78, 5) is 55.1. The summed E-state index contributed by atoms with van der Waals surface area (Å²) in [5.41, 5.74) is 1.39. The van der Waals surface area contributed by atoms with Crippen LogP contribution in [0.2, 0.25) is 10.0 Å². The van der Waals surface area contributed by atoms with Crippen LogP contribution in [0, 0.1) is 10.1 Å². The van der Waals surface area contributed by atoms with Crippen molar-refractivity contribution in [1.82, 2.24) is 14.5 Å². The molecule has 11 heteroatoms. The molecule has 2 heterocycles. The first-order valence-corrected chi connectivity index (χ1v) is 11.6. The minimum absolute atomic E-state index is 0.0937. The molecule has 4 aromatic rings. The second kappa shape index (κ2) is 9.18. The van der Waals surface area contributed by atoms with Crippen LogP contribution in [0.5, 0.6) is 0 Å². The van der Waals surface area contributed by atoms with Crippen molar-refractivity contribution in [3.05, 3.63) is 103 Å². The number of fused-ring (bicyclic) bond motifs is 2. The summed E-state index contributed by atoms with van der Waals surface area (Å²) in [6.45, 7) is 0.127. The molecule has 1 aliphatic rings. The molecule has 0 radical (unpaired) electrons. The van der Waals surface area contributed by atoms with Crippen LogP contribution in [0.3, 0.4) is 0 Å². The quantitative estimate of drug-likeness (QED) is 0.196. The van der Waals surface area contributed by atoms with Crippen molar-refractivity contribution in [2.75, 3.05) is 6.54 Å². The smallest absolute Gasteiger partial charge is 0.270 e. The van der Waals surface area contributed by atoms with E-state index in [4.69, 9.17) is 23.2 Å². The molecule has 180 valence electrons. The SMILES string of the molecule is O=C1c2ccccc2C(=O)N1CCCc1nc2cc(Cl)c(Cl)cc2n1C(=O)c1cccc([N+](=O)[O-])c1. The summed E-state index contributed by atoms with van der Waals surface area (Å²) in [7, 11) is 0. The molecule has 3 aromatic carbocycles. The predicted octanol–water partition coefficient (Wildman–Crippen LogP) is 5.17. The van der Waals surface area contributed by atoms with Gasteiger partial charge in [0, 0.05) is 30.7 Å². The van der Waals surface area contributed by atoms with Gasteiger partial charge in [-0.05, 0) is 36.8 Å². The molecule has 0 saturated carbocycles. The number of halogens is 2. The van der Waals surface area contributed by atoms with Crippen LogP contribution in [-0.4, -0.2) is 43.6 Å². The lowest BCUT2D eigenvalue weighted by Gasteiger charge is -2.14. The number of aromatic nitrogens is 2. The van der Waals surface area contributed by atoms with Crippen LogP contribution in [0.4, 0.5) is 5.69 Å². The third-order valence-corrected chi connectivity index (χ3v) is 6.66. The number of nitro groups is 1. The number of non-ortho nitro benzene ring substituents is 1. The second-order valence-corrected chi connectivity index (χ2v) is 8.96. The molecule has 0 aliphatic carbocycles. The maximum Gasteiger partial charge on any atom is 0.270 e. The Bertz CT molecular complexity index is 1560. The number of hydrogen-bond acceptors (Lipinski definition) is 6. The Kier molecular flexibility index (Phi) is 6.03. The van der Waals surface area contributed by atoms with E-state index in [-0.39, 0.29) is 46.1 Å². The topological polar surface area (TPSA) is 115 Å². The molecular weight excluding hydrogens is 507 g/mol. The molecule has 1 aliphatic heterocycles. The van der Waals surface area contributed by atoms with E-state index in [2.05, 4.69) is 4.98 Å². The highest BCUT2D eigenvalue weighted by Gasteiger charge is 2.34. The molecule has 2 amide bonds. The standard InChI is InChI=1S/C25H16Cl2N4O5/c26-18-12-20-21(13-19(18)27)30(23(32)14-5-3-6-15(11-14)31(35)36)22(28-20)9-4-10-29-24(33)16-7-1-2-8-17(16)25(29)34/h1-3,5-8,11-13H,4,9-10H2. The number of nitro benzene ring substituents is 1. The lowest BCUT2D eigenvalue weighted by Crippen LogP contribution is -2.31. The Hall–Kier alpha value is -4.08. The monoisotopic (exact) mass is 522 g/mol. The Morgan fingerprint density at radius 2 is 1.61 bits per heavy atom. The Morgan fingerprint density at radius 1 is 0.944 bits per heavy atom. The zero-order valence-corrected chi connectivity index (χ0v) is 20.0. The zero-order valence-electron chi connectivity index (χ0n) is 18.5. The van der Waals surface area contributed by atoms with Gasteiger partial charge in [-0.15, -0.1) is 0 Å². The van der Waals surface area contributed by atoms with Crippen LogP contribution >= 0.6 is 23.2 Å². The first-order valence-electron chi connectivity index (χ1n) is 10.9. The number of nitrogens with zero attached hydrogens (tertiary/aromatic N) is 4. The van der Waals surface area contributed by atoms with Gasteiger partial charge >= 0.3 is 0 Å². The molecule has 9 nitrogen and oxygen atoms in total. The number of amides is 2. The van der Waals surface area contributed by atoms with E-state index >= 15 is 0 Å². The number of benzene rings is 3. The lowest BCUT2D eigenvalue weighted by molar-refractivity contribution is -0.384. The molecule has 0 N–H and O–H groups in total. The van der Waals surface area contributed by atoms with Gasteiger partial charge in [-0.1, -0.05) is 41.4 Å². The molecule has 1 aromatic heterocycles. The molecule has 5 rings (SSSR count). The first kappa shape index (κ1) is 23.7. The molecule has 36 heavy (non-hydrogen) atoms. The highest BCUT2D eigenvalue weighted by molar-refractivity contribution is 6.42. The van der Waals surface area contributed by atoms with Gasteiger partial charge in [-0.2, -0.15) is 0 Å². The third kappa shape index (κ3) is 4.02. The van der Waals surface area contributed by atoms with Crippen LogP contribution < -0.4 is 0 Å².